The fourth-order valence-corrected chi connectivity index (χ4v) is 4.32. The molecule has 3 atom stereocenters. The van der Waals surface area contributed by atoms with Gasteiger partial charge in [0.05, 0.1) is 17.7 Å². The third-order valence-electron chi connectivity index (χ3n) is 5.78. The standard InChI is InChI=1S/C22H26BrN5O2/c1-14-11-16(7-8-17(14)23)25-21(29)15-5-4-10-28(13-15)22(30)20-12-19(26-27-20)18-6-2-3-9-24-18/h2-3,6-9,11,15,19-20,26-27H,4-5,10,12-13H2,1H3,(H,25,29). The van der Waals surface area contributed by atoms with Gasteiger partial charge in [-0.1, -0.05) is 22.0 Å². The average Bonchev–Trinajstić information content (AvgIpc) is 3.27. The fourth-order valence-electron chi connectivity index (χ4n) is 4.07. The quantitative estimate of drug-likeness (QED) is 0.637. The highest BCUT2D eigenvalue weighted by Gasteiger charge is 2.36. The molecule has 0 spiro atoms. The van der Waals surface area contributed by atoms with E-state index < -0.39 is 0 Å². The lowest BCUT2D eigenvalue weighted by atomic mass is 9.95. The van der Waals surface area contributed by atoms with Crippen LogP contribution in [0.5, 0.6) is 0 Å². The Bertz CT molecular complexity index is 923. The highest BCUT2D eigenvalue weighted by molar-refractivity contribution is 9.10. The Morgan fingerprint density at radius 1 is 1.23 bits per heavy atom. The first-order valence-electron chi connectivity index (χ1n) is 10.3. The van der Waals surface area contributed by atoms with Crippen molar-refractivity contribution in [2.75, 3.05) is 18.4 Å². The van der Waals surface area contributed by atoms with Crippen LogP contribution in [0.2, 0.25) is 0 Å². The number of hydrogen-bond acceptors (Lipinski definition) is 5. The van der Waals surface area contributed by atoms with Crippen molar-refractivity contribution in [1.29, 1.82) is 0 Å². The molecular formula is C22H26BrN5O2. The topological polar surface area (TPSA) is 86.4 Å². The van der Waals surface area contributed by atoms with Crippen LogP contribution >= 0.6 is 15.9 Å². The highest BCUT2D eigenvalue weighted by Crippen LogP contribution is 2.25. The van der Waals surface area contributed by atoms with Crippen LogP contribution in [-0.4, -0.2) is 40.8 Å². The minimum atomic E-state index is -0.312. The van der Waals surface area contributed by atoms with E-state index in [9.17, 15) is 9.59 Å². The van der Waals surface area contributed by atoms with E-state index >= 15 is 0 Å². The second-order valence-electron chi connectivity index (χ2n) is 7.96. The minimum Gasteiger partial charge on any atom is -0.341 e. The van der Waals surface area contributed by atoms with Crippen LogP contribution in [0.15, 0.2) is 47.1 Å². The molecule has 2 aliphatic rings. The molecule has 2 saturated heterocycles. The summed E-state index contributed by atoms with van der Waals surface area (Å²) in [5.74, 6) is -0.191. The van der Waals surface area contributed by atoms with E-state index in [0.29, 0.717) is 19.5 Å². The summed E-state index contributed by atoms with van der Waals surface area (Å²) >= 11 is 3.48. The van der Waals surface area contributed by atoms with E-state index in [4.69, 9.17) is 0 Å². The summed E-state index contributed by atoms with van der Waals surface area (Å²) in [6, 6.07) is 11.2. The first-order valence-corrected chi connectivity index (χ1v) is 11.1. The first-order chi connectivity index (χ1) is 14.5. The van der Waals surface area contributed by atoms with Crippen LogP contribution in [0.1, 0.15) is 36.6 Å². The van der Waals surface area contributed by atoms with Crippen LogP contribution < -0.4 is 16.2 Å². The first kappa shape index (κ1) is 21.0. The van der Waals surface area contributed by atoms with Gasteiger partial charge in [-0.05, 0) is 62.1 Å². The molecule has 0 bridgehead atoms. The van der Waals surface area contributed by atoms with E-state index in [1.807, 2.05) is 48.2 Å². The molecule has 4 rings (SSSR count). The fraction of sp³-hybridized carbons (Fsp3) is 0.409. The number of anilines is 1. The second kappa shape index (κ2) is 9.24. The number of benzene rings is 1. The van der Waals surface area contributed by atoms with E-state index in [1.165, 1.54) is 0 Å². The molecule has 30 heavy (non-hydrogen) atoms. The van der Waals surface area contributed by atoms with Crippen molar-refractivity contribution in [2.24, 2.45) is 5.92 Å². The summed E-state index contributed by atoms with van der Waals surface area (Å²) in [6.45, 7) is 3.13. The number of halogens is 1. The molecule has 2 aromatic rings. The summed E-state index contributed by atoms with van der Waals surface area (Å²) in [4.78, 5) is 32.0. The number of hydrazine groups is 1. The molecule has 3 heterocycles. The molecule has 0 aliphatic carbocycles. The number of aryl methyl sites for hydroxylation is 1. The maximum atomic E-state index is 13.1. The van der Waals surface area contributed by atoms with Crippen molar-refractivity contribution >= 4 is 33.4 Å². The largest absolute Gasteiger partial charge is 0.341 e. The molecule has 8 heteroatoms. The molecule has 3 N–H and O–H groups in total. The van der Waals surface area contributed by atoms with E-state index in [0.717, 1.165) is 34.3 Å². The Balaban J connectivity index is 1.34. The van der Waals surface area contributed by atoms with Crippen molar-refractivity contribution in [2.45, 2.75) is 38.3 Å². The van der Waals surface area contributed by atoms with E-state index in [2.05, 4.69) is 37.1 Å². The van der Waals surface area contributed by atoms with Crippen molar-refractivity contribution in [1.82, 2.24) is 20.7 Å². The predicted octanol–water partition coefficient (Wildman–Crippen LogP) is 2.94. The monoisotopic (exact) mass is 471 g/mol. The van der Waals surface area contributed by atoms with E-state index in [-0.39, 0.29) is 29.8 Å². The maximum absolute atomic E-state index is 13.1. The molecule has 2 aliphatic heterocycles. The Morgan fingerprint density at radius 2 is 2.10 bits per heavy atom. The molecular weight excluding hydrogens is 446 g/mol. The second-order valence-corrected chi connectivity index (χ2v) is 8.82. The lowest BCUT2D eigenvalue weighted by Gasteiger charge is -2.33. The lowest BCUT2D eigenvalue weighted by Crippen LogP contribution is -2.50. The zero-order valence-corrected chi connectivity index (χ0v) is 18.5. The predicted molar refractivity (Wildman–Crippen MR) is 118 cm³/mol. The molecule has 7 nitrogen and oxygen atoms in total. The summed E-state index contributed by atoms with van der Waals surface area (Å²) in [5.41, 5.74) is 9.05. The molecule has 1 aromatic carbocycles. The van der Waals surface area contributed by atoms with Gasteiger partial charge in [-0.25, -0.2) is 10.9 Å². The number of likely N-dealkylation sites (tertiary alicyclic amines) is 1. The number of carbonyl (C=O) groups is 2. The maximum Gasteiger partial charge on any atom is 0.241 e. The number of aromatic nitrogens is 1. The van der Waals surface area contributed by atoms with Gasteiger partial charge in [0.25, 0.3) is 0 Å². The van der Waals surface area contributed by atoms with E-state index in [1.54, 1.807) is 6.20 Å². The van der Waals surface area contributed by atoms with Gasteiger partial charge in [0.2, 0.25) is 11.8 Å². The van der Waals surface area contributed by atoms with Crippen LogP contribution in [0.4, 0.5) is 5.69 Å². The van der Waals surface area contributed by atoms with Gasteiger partial charge in [-0.3, -0.25) is 14.6 Å². The highest BCUT2D eigenvalue weighted by atomic mass is 79.9. The van der Waals surface area contributed by atoms with Crippen LogP contribution in [0.25, 0.3) is 0 Å². The number of carbonyl (C=O) groups excluding carboxylic acids is 2. The average molecular weight is 472 g/mol. The van der Waals surface area contributed by atoms with Crippen LogP contribution in [0.3, 0.4) is 0 Å². The summed E-state index contributed by atoms with van der Waals surface area (Å²) in [7, 11) is 0. The van der Waals surface area contributed by atoms with Crippen LogP contribution in [0, 0.1) is 12.8 Å². The molecule has 2 fully saturated rings. The lowest BCUT2D eigenvalue weighted by molar-refractivity contribution is -0.136. The smallest absolute Gasteiger partial charge is 0.241 e. The number of amides is 2. The SMILES string of the molecule is Cc1cc(NC(=O)C2CCCN(C(=O)C3CC(c4ccccn4)NN3)C2)ccc1Br. The van der Waals surface area contributed by atoms with Gasteiger partial charge in [0.1, 0.15) is 6.04 Å². The molecule has 1 aromatic heterocycles. The Kier molecular flexibility index (Phi) is 6.46. The normalized spacial score (nSPS) is 23.9. The molecule has 3 unspecified atom stereocenters. The van der Waals surface area contributed by atoms with Gasteiger partial charge < -0.3 is 10.2 Å². The third-order valence-corrected chi connectivity index (χ3v) is 6.67. The Hall–Kier alpha value is -2.29. The zero-order valence-electron chi connectivity index (χ0n) is 16.9. The van der Waals surface area contributed by atoms with Crippen molar-refractivity contribution in [3.8, 4) is 0 Å². The number of nitrogens with one attached hydrogen (secondary N) is 3. The number of nitrogens with zero attached hydrogens (tertiary/aromatic N) is 2. The number of piperidine rings is 1. The number of pyridine rings is 1. The van der Waals surface area contributed by atoms with Gasteiger partial charge in [-0.2, -0.15) is 0 Å². The van der Waals surface area contributed by atoms with Crippen molar-refractivity contribution in [3.63, 3.8) is 0 Å². The van der Waals surface area contributed by atoms with Crippen LogP contribution in [-0.2, 0) is 9.59 Å². The minimum absolute atomic E-state index is 0.00433. The number of hydrogen-bond donors (Lipinski definition) is 3. The zero-order chi connectivity index (χ0) is 21.1. The Morgan fingerprint density at radius 3 is 2.87 bits per heavy atom. The number of rotatable bonds is 4. The molecule has 158 valence electrons. The molecule has 2 amide bonds. The van der Waals surface area contributed by atoms with Gasteiger partial charge in [0.15, 0.2) is 0 Å². The third kappa shape index (κ3) is 4.71. The van der Waals surface area contributed by atoms with Crippen molar-refractivity contribution < 1.29 is 9.59 Å². The summed E-state index contributed by atoms with van der Waals surface area (Å²) in [5, 5.41) is 3.00. The summed E-state index contributed by atoms with van der Waals surface area (Å²) in [6.07, 6.45) is 4.01. The van der Waals surface area contributed by atoms with Gasteiger partial charge in [0, 0.05) is 29.4 Å². The summed E-state index contributed by atoms with van der Waals surface area (Å²) < 4.78 is 1.01. The molecule has 0 radical (unpaired) electrons. The van der Waals surface area contributed by atoms with Gasteiger partial charge in [-0.15, -0.1) is 0 Å². The molecule has 0 saturated carbocycles. The van der Waals surface area contributed by atoms with Crippen molar-refractivity contribution in [3.05, 3.63) is 58.3 Å². The Labute approximate surface area is 184 Å². The van der Waals surface area contributed by atoms with Gasteiger partial charge >= 0.3 is 0 Å².